The number of fused-ring (bicyclic) bond motifs is 4. The Bertz CT molecular complexity index is 1260. The minimum atomic E-state index is -0.465. The fourth-order valence-corrected chi connectivity index (χ4v) is 3.21. The molecule has 0 unspecified atom stereocenters. The number of methoxy groups -OCH3 is 2. The highest BCUT2D eigenvalue weighted by molar-refractivity contribution is 5.95. The van der Waals surface area contributed by atoms with Gasteiger partial charge in [-0.2, -0.15) is 0 Å². The third-order valence-corrected chi connectivity index (χ3v) is 4.53. The molecule has 130 valence electrons. The first-order valence-corrected chi connectivity index (χ1v) is 8.05. The molecule has 2 aromatic heterocycles. The van der Waals surface area contributed by atoms with Gasteiger partial charge >= 0.3 is 5.97 Å². The number of ether oxygens (including phenoxy) is 2. The molecule has 0 radical (unpaired) electrons. The van der Waals surface area contributed by atoms with Crippen LogP contribution in [0.5, 0.6) is 5.75 Å². The molecule has 0 saturated heterocycles. The van der Waals surface area contributed by atoms with E-state index in [0.717, 1.165) is 16.5 Å². The van der Waals surface area contributed by atoms with Crippen LogP contribution in [0, 0.1) is 6.92 Å². The average molecular weight is 348 g/mol. The third kappa shape index (κ3) is 2.30. The molecule has 2 aromatic carbocycles. The number of hydrogen-bond donors (Lipinski definition) is 0. The average Bonchev–Trinajstić information content (AvgIpc) is 2.66. The summed E-state index contributed by atoms with van der Waals surface area (Å²) >= 11 is 0. The first kappa shape index (κ1) is 16.1. The summed E-state index contributed by atoms with van der Waals surface area (Å²) in [4.78, 5) is 29.5. The molecule has 0 aliphatic carbocycles. The first-order valence-electron chi connectivity index (χ1n) is 8.05. The molecular weight excluding hydrogens is 332 g/mol. The lowest BCUT2D eigenvalue weighted by atomic mass is 10.1. The quantitative estimate of drug-likeness (QED) is 0.316. The Morgan fingerprint density at radius 3 is 2.54 bits per heavy atom. The molecule has 0 bridgehead atoms. The zero-order chi connectivity index (χ0) is 18.4. The molecule has 0 fully saturated rings. The Morgan fingerprint density at radius 2 is 1.81 bits per heavy atom. The van der Waals surface area contributed by atoms with E-state index < -0.39 is 5.97 Å². The van der Waals surface area contributed by atoms with E-state index in [1.807, 2.05) is 31.2 Å². The van der Waals surface area contributed by atoms with Gasteiger partial charge in [0.2, 0.25) is 0 Å². The molecule has 0 atom stereocenters. The van der Waals surface area contributed by atoms with Crippen LogP contribution in [-0.2, 0) is 4.74 Å². The second kappa shape index (κ2) is 5.84. The Balaban J connectivity index is 2.15. The Morgan fingerprint density at radius 1 is 1.04 bits per heavy atom. The molecule has 0 spiro atoms. The van der Waals surface area contributed by atoms with Crippen LogP contribution in [0.15, 0.2) is 47.3 Å². The summed E-state index contributed by atoms with van der Waals surface area (Å²) in [6, 6.07) is 12.2. The molecule has 2 heterocycles. The molecule has 0 saturated carbocycles. The molecule has 6 heteroatoms. The van der Waals surface area contributed by atoms with Crippen molar-refractivity contribution in [3.05, 3.63) is 63.9 Å². The zero-order valence-electron chi connectivity index (χ0n) is 14.6. The molecule has 26 heavy (non-hydrogen) atoms. The van der Waals surface area contributed by atoms with E-state index in [9.17, 15) is 9.59 Å². The van der Waals surface area contributed by atoms with Crippen molar-refractivity contribution in [1.29, 1.82) is 0 Å². The highest BCUT2D eigenvalue weighted by atomic mass is 16.5. The van der Waals surface area contributed by atoms with Crippen LogP contribution < -0.4 is 10.3 Å². The van der Waals surface area contributed by atoms with Gasteiger partial charge in [0.25, 0.3) is 5.56 Å². The number of pyridine rings is 1. The minimum Gasteiger partial charge on any atom is -0.497 e. The third-order valence-electron chi connectivity index (χ3n) is 4.53. The van der Waals surface area contributed by atoms with Crippen LogP contribution >= 0.6 is 0 Å². The minimum absolute atomic E-state index is 0.195. The summed E-state index contributed by atoms with van der Waals surface area (Å²) in [6.45, 7) is 1.97. The number of nitrogens with zero attached hydrogens (tertiary/aromatic N) is 2. The molecule has 0 N–H and O–H groups in total. The van der Waals surface area contributed by atoms with E-state index >= 15 is 0 Å². The van der Waals surface area contributed by atoms with Gasteiger partial charge in [0.05, 0.1) is 36.2 Å². The van der Waals surface area contributed by atoms with Crippen molar-refractivity contribution >= 4 is 33.4 Å². The van der Waals surface area contributed by atoms with Crippen molar-refractivity contribution in [2.45, 2.75) is 6.92 Å². The van der Waals surface area contributed by atoms with Gasteiger partial charge in [0, 0.05) is 11.5 Å². The van der Waals surface area contributed by atoms with E-state index in [0.29, 0.717) is 27.9 Å². The van der Waals surface area contributed by atoms with Gasteiger partial charge in [-0.25, -0.2) is 9.78 Å². The van der Waals surface area contributed by atoms with Gasteiger partial charge in [-0.3, -0.25) is 9.20 Å². The second-order valence-corrected chi connectivity index (χ2v) is 6.04. The number of carbonyl (C=O) groups excluding carboxylic acids is 1. The Kier molecular flexibility index (Phi) is 3.61. The fourth-order valence-electron chi connectivity index (χ4n) is 3.21. The molecule has 4 aromatic rings. The monoisotopic (exact) mass is 348 g/mol. The summed E-state index contributed by atoms with van der Waals surface area (Å²) in [5.74, 6) is 0.200. The maximum Gasteiger partial charge on any atom is 0.337 e. The highest BCUT2D eigenvalue weighted by Crippen LogP contribution is 2.25. The highest BCUT2D eigenvalue weighted by Gasteiger charge is 2.13. The first-order chi connectivity index (χ1) is 12.5. The lowest BCUT2D eigenvalue weighted by molar-refractivity contribution is 0.0601. The second-order valence-electron chi connectivity index (χ2n) is 6.04. The van der Waals surface area contributed by atoms with Crippen LogP contribution in [0.2, 0.25) is 0 Å². The van der Waals surface area contributed by atoms with E-state index in [1.165, 1.54) is 7.11 Å². The fraction of sp³-hybridized carbons (Fsp3) is 0.150. The molecule has 0 amide bonds. The van der Waals surface area contributed by atoms with Crippen molar-refractivity contribution in [2.24, 2.45) is 0 Å². The van der Waals surface area contributed by atoms with Crippen LogP contribution in [0.3, 0.4) is 0 Å². The predicted octanol–water partition coefficient (Wildman–Crippen LogP) is 3.10. The lowest BCUT2D eigenvalue weighted by Gasteiger charge is -2.11. The standard InChI is InChI=1S/C20H16N2O4/c1-11-8-18-21-16-9-12(20(24)26-3)4-6-15(16)19(23)22(18)17-10-13(25-2)5-7-14(11)17/h4-10H,1-3H3. The Labute approximate surface area is 148 Å². The van der Waals surface area contributed by atoms with Crippen LogP contribution in [0.4, 0.5) is 0 Å². The van der Waals surface area contributed by atoms with Crippen molar-refractivity contribution in [2.75, 3.05) is 14.2 Å². The summed E-state index contributed by atoms with van der Waals surface area (Å²) in [5, 5.41) is 1.39. The normalized spacial score (nSPS) is 11.2. The van der Waals surface area contributed by atoms with E-state index in [2.05, 4.69) is 4.98 Å². The van der Waals surface area contributed by atoms with Crippen molar-refractivity contribution in [1.82, 2.24) is 9.38 Å². The van der Waals surface area contributed by atoms with Crippen molar-refractivity contribution in [3.63, 3.8) is 0 Å². The Hall–Kier alpha value is -3.41. The van der Waals surface area contributed by atoms with Crippen LogP contribution in [0.1, 0.15) is 15.9 Å². The van der Waals surface area contributed by atoms with Crippen LogP contribution in [-0.4, -0.2) is 29.6 Å². The summed E-state index contributed by atoms with van der Waals surface area (Å²) in [6.07, 6.45) is 0. The molecule has 4 rings (SSSR count). The summed E-state index contributed by atoms with van der Waals surface area (Å²) < 4.78 is 11.6. The van der Waals surface area contributed by atoms with Crippen molar-refractivity contribution < 1.29 is 14.3 Å². The number of aryl methyl sites for hydroxylation is 1. The summed E-state index contributed by atoms with van der Waals surface area (Å²) in [5.41, 5.74) is 2.87. The van der Waals surface area contributed by atoms with E-state index in [-0.39, 0.29) is 5.56 Å². The van der Waals surface area contributed by atoms with Crippen molar-refractivity contribution in [3.8, 4) is 5.75 Å². The van der Waals surface area contributed by atoms with Gasteiger partial charge < -0.3 is 9.47 Å². The summed E-state index contributed by atoms with van der Waals surface area (Å²) in [7, 11) is 2.90. The number of hydrogen-bond acceptors (Lipinski definition) is 5. The van der Waals surface area contributed by atoms with Gasteiger partial charge in [-0.1, -0.05) is 0 Å². The topological polar surface area (TPSA) is 69.9 Å². The maximum atomic E-state index is 13.1. The number of benzene rings is 2. The number of rotatable bonds is 2. The van der Waals surface area contributed by atoms with Gasteiger partial charge in [0.1, 0.15) is 11.4 Å². The zero-order valence-corrected chi connectivity index (χ0v) is 14.6. The maximum absolute atomic E-state index is 13.1. The smallest absolute Gasteiger partial charge is 0.337 e. The lowest BCUT2D eigenvalue weighted by Crippen LogP contribution is -2.17. The van der Waals surface area contributed by atoms with E-state index in [1.54, 1.807) is 29.7 Å². The van der Waals surface area contributed by atoms with Gasteiger partial charge in [-0.05, 0) is 48.9 Å². The molecule has 6 nitrogen and oxygen atoms in total. The van der Waals surface area contributed by atoms with Gasteiger partial charge in [0.15, 0.2) is 0 Å². The predicted molar refractivity (Wildman–Crippen MR) is 99.1 cm³/mol. The number of carbonyl (C=O) groups is 1. The van der Waals surface area contributed by atoms with Crippen LogP contribution in [0.25, 0.3) is 27.5 Å². The van der Waals surface area contributed by atoms with E-state index in [4.69, 9.17) is 9.47 Å². The largest absolute Gasteiger partial charge is 0.497 e. The van der Waals surface area contributed by atoms with Gasteiger partial charge in [-0.15, -0.1) is 0 Å². The molecule has 0 aliphatic rings. The molecule has 0 aliphatic heterocycles. The number of esters is 1. The SMILES string of the molecule is COC(=O)c1ccc2c(=O)n3c(cc(C)c4ccc(OC)cc43)nc2c1. The number of aromatic nitrogens is 2. The molecular formula is C20H16N2O4.